The molecular formula is C30H21NO. The molecule has 7 rings (SSSR count). The van der Waals surface area contributed by atoms with E-state index in [2.05, 4.69) is 120 Å². The number of ether oxygens (including phenoxy) is 1. The molecule has 0 fully saturated rings. The van der Waals surface area contributed by atoms with Gasteiger partial charge in [0.2, 0.25) is 0 Å². The molecule has 2 nitrogen and oxygen atoms in total. The predicted octanol–water partition coefficient (Wildman–Crippen LogP) is 7.42. The Morgan fingerprint density at radius 3 is 2.38 bits per heavy atom. The Morgan fingerprint density at radius 1 is 0.625 bits per heavy atom. The van der Waals surface area contributed by atoms with E-state index >= 15 is 0 Å². The van der Waals surface area contributed by atoms with Crippen LogP contribution < -0.4 is 4.74 Å². The maximum absolute atomic E-state index is 6.18. The molecule has 2 heteroatoms. The average molecular weight is 412 g/mol. The zero-order valence-corrected chi connectivity index (χ0v) is 17.5. The highest BCUT2D eigenvalue weighted by molar-refractivity contribution is 6.10. The third kappa shape index (κ3) is 2.53. The largest absolute Gasteiger partial charge is 0.485 e. The van der Waals surface area contributed by atoms with Gasteiger partial charge in [0.25, 0.3) is 0 Å². The summed E-state index contributed by atoms with van der Waals surface area (Å²) >= 11 is 0. The minimum absolute atomic E-state index is 0.108. The van der Waals surface area contributed by atoms with E-state index in [1.807, 2.05) is 0 Å². The number of allylic oxidation sites excluding steroid dienone is 2. The third-order valence-corrected chi connectivity index (χ3v) is 6.74. The third-order valence-electron chi connectivity index (χ3n) is 6.74. The van der Waals surface area contributed by atoms with Gasteiger partial charge in [0.15, 0.2) is 0 Å². The average Bonchev–Trinajstić information content (AvgIpc) is 3.39. The molecule has 5 aromatic rings. The van der Waals surface area contributed by atoms with Crippen LogP contribution >= 0.6 is 0 Å². The van der Waals surface area contributed by atoms with Crippen LogP contribution in [0.5, 0.6) is 5.75 Å². The molecule has 32 heavy (non-hydrogen) atoms. The standard InChI is InChI=1S/C30H21NO/c1-2-8-20(9-3-1)21-14-16-28-25(18-21)23-10-4-6-12-27(23)31(28)22-15-17-30-26(19-22)24-11-5-7-13-29(24)32-30/h1-19,24,29H. The van der Waals surface area contributed by atoms with Crippen LogP contribution in [0.4, 0.5) is 0 Å². The summed E-state index contributed by atoms with van der Waals surface area (Å²) in [6.07, 6.45) is 8.70. The number of benzene rings is 4. The van der Waals surface area contributed by atoms with Gasteiger partial charge in [0.05, 0.1) is 11.0 Å². The highest BCUT2D eigenvalue weighted by Gasteiger charge is 2.32. The molecule has 0 saturated carbocycles. The molecule has 0 N–H and O–H groups in total. The van der Waals surface area contributed by atoms with Crippen molar-refractivity contribution in [2.75, 3.05) is 0 Å². The monoisotopic (exact) mass is 411 g/mol. The fourth-order valence-electron chi connectivity index (χ4n) is 5.23. The molecule has 2 atom stereocenters. The van der Waals surface area contributed by atoms with Crippen molar-refractivity contribution < 1.29 is 4.74 Å². The highest BCUT2D eigenvalue weighted by atomic mass is 16.5. The Bertz CT molecular complexity index is 1550. The quantitative estimate of drug-likeness (QED) is 0.295. The van der Waals surface area contributed by atoms with Crippen molar-refractivity contribution in [3.05, 3.63) is 121 Å². The first-order valence-electron chi connectivity index (χ1n) is 11.1. The van der Waals surface area contributed by atoms with Crippen molar-refractivity contribution >= 4 is 21.8 Å². The van der Waals surface area contributed by atoms with Crippen molar-refractivity contribution in [2.45, 2.75) is 12.0 Å². The van der Waals surface area contributed by atoms with Crippen LogP contribution in [0.25, 0.3) is 38.6 Å². The summed E-state index contributed by atoms with van der Waals surface area (Å²) in [6.45, 7) is 0. The SMILES string of the molecule is C1=CC2Oc3ccc(-n4c5ccccc5c5cc(-c6ccccc6)ccc54)cc3C2C=C1. The molecule has 0 radical (unpaired) electrons. The van der Waals surface area contributed by atoms with Crippen molar-refractivity contribution in [1.82, 2.24) is 4.57 Å². The van der Waals surface area contributed by atoms with E-state index in [9.17, 15) is 0 Å². The van der Waals surface area contributed by atoms with Crippen molar-refractivity contribution in [3.63, 3.8) is 0 Å². The fraction of sp³-hybridized carbons (Fsp3) is 0.0667. The van der Waals surface area contributed by atoms with E-state index in [-0.39, 0.29) is 12.0 Å². The minimum Gasteiger partial charge on any atom is -0.485 e. The highest BCUT2D eigenvalue weighted by Crippen LogP contribution is 2.43. The number of hydrogen-bond donors (Lipinski definition) is 0. The first kappa shape index (κ1) is 17.6. The first-order valence-corrected chi connectivity index (χ1v) is 11.1. The molecule has 0 bridgehead atoms. The molecule has 152 valence electrons. The second kappa shape index (κ2) is 6.73. The summed E-state index contributed by atoms with van der Waals surface area (Å²) < 4.78 is 8.56. The Hall–Kier alpha value is -4.04. The minimum atomic E-state index is 0.108. The second-order valence-corrected chi connectivity index (χ2v) is 8.55. The molecule has 2 unspecified atom stereocenters. The van der Waals surface area contributed by atoms with Gasteiger partial charge in [-0.05, 0) is 53.6 Å². The van der Waals surface area contributed by atoms with Crippen LogP contribution in [0, 0.1) is 0 Å². The van der Waals surface area contributed by atoms with Gasteiger partial charge in [-0.3, -0.25) is 0 Å². The molecule has 1 aromatic heterocycles. The molecule has 1 aliphatic carbocycles. The van der Waals surface area contributed by atoms with E-state index in [1.54, 1.807) is 0 Å². The van der Waals surface area contributed by atoms with Crippen LogP contribution in [0.2, 0.25) is 0 Å². The maximum Gasteiger partial charge on any atom is 0.128 e. The molecular weight excluding hydrogens is 390 g/mol. The number of nitrogens with zero attached hydrogens (tertiary/aromatic N) is 1. The van der Waals surface area contributed by atoms with E-state index in [1.165, 1.54) is 44.2 Å². The lowest BCUT2D eigenvalue weighted by atomic mass is 9.92. The number of hydrogen-bond acceptors (Lipinski definition) is 1. The lowest BCUT2D eigenvalue weighted by molar-refractivity contribution is 0.269. The molecule has 0 spiro atoms. The molecule has 2 aliphatic rings. The summed E-state index contributed by atoms with van der Waals surface area (Å²) in [7, 11) is 0. The predicted molar refractivity (Wildman–Crippen MR) is 132 cm³/mol. The first-order chi connectivity index (χ1) is 15.9. The normalized spacial score (nSPS) is 18.6. The molecule has 2 heterocycles. The number of fused-ring (bicyclic) bond motifs is 6. The van der Waals surface area contributed by atoms with Gasteiger partial charge in [0.1, 0.15) is 11.9 Å². The smallest absolute Gasteiger partial charge is 0.128 e. The van der Waals surface area contributed by atoms with Crippen molar-refractivity contribution in [3.8, 4) is 22.6 Å². The lowest BCUT2D eigenvalue weighted by Gasteiger charge is -2.14. The van der Waals surface area contributed by atoms with Crippen LogP contribution in [0.15, 0.2) is 115 Å². The number of para-hydroxylation sites is 1. The van der Waals surface area contributed by atoms with Gasteiger partial charge >= 0.3 is 0 Å². The fourth-order valence-corrected chi connectivity index (χ4v) is 5.23. The van der Waals surface area contributed by atoms with Gasteiger partial charge in [0, 0.05) is 27.9 Å². The van der Waals surface area contributed by atoms with Gasteiger partial charge in [-0.1, -0.05) is 72.8 Å². The van der Waals surface area contributed by atoms with E-state index < -0.39 is 0 Å². The Kier molecular flexibility index (Phi) is 3.71. The molecule has 1 aliphatic heterocycles. The maximum atomic E-state index is 6.18. The summed E-state index contributed by atoms with van der Waals surface area (Å²) in [6, 6.07) is 32.7. The van der Waals surface area contributed by atoms with Gasteiger partial charge < -0.3 is 9.30 Å². The van der Waals surface area contributed by atoms with Gasteiger partial charge in [-0.2, -0.15) is 0 Å². The number of rotatable bonds is 2. The van der Waals surface area contributed by atoms with Gasteiger partial charge in [-0.15, -0.1) is 0 Å². The van der Waals surface area contributed by atoms with Gasteiger partial charge in [-0.25, -0.2) is 0 Å². The van der Waals surface area contributed by atoms with E-state index in [0.717, 1.165) is 5.75 Å². The molecule has 4 aromatic carbocycles. The summed E-state index contributed by atoms with van der Waals surface area (Å²) in [5, 5.41) is 2.55. The Morgan fingerprint density at radius 2 is 1.44 bits per heavy atom. The van der Waals surface area contributed by atoms with Crippen LogP contribution in [0.1, 0.15) is 11.5 Å². The Balaban J connectivity index is 1.46. The Labute approximate surface area is 186 Å². The van der Waals surface area contributed by atoms with Crippen molar-refractivity contribution in [1.29, 1.82) is 0 Å². The lowest BCUT2D eigenvalue weighted by Crippen LogP contribution is -2.15. The summed E-state index contributed by atoms with van der Waals surface area (Å²) in [4.78, 5) is 0. The number of aromatic nitrogens is 1. The van der Waals surface area contributed by atoms with Crippen LogP contribution in [-0.2, 0) is 0 Å². The zero-order valence-electron chi connectivity index (χ0n) is 17.5. The molecule has 0 amide bonds. The van der Waals surface area contributed by atoms with E-state index in [4.69, 9.17) is 4.74 Å². The summed E-state index contributed by atoms with van der Waals surface area (Å²) in [5.41, 5.74) is 7.37. The summed E-state index contributed by atoms with van der Waals surface area (Å²) in [5.74, 6) is 1.28. The van der Waals surface area contributed by atoms with Crippen LogP contribution in [-0.4, -0.2) is 10.7 Å². The zero-order chi connectivity index (χ0) is 21.1. The second-order valence-electron chi connectivity index (χ2n) is 8.55. The topological polar surface area (TPSA) is 14.2 Å². The van der Waals surface area contributed by atoms with E-state index in [0.29, 0.717) is 0 Å². The van der Waals surface area contributed by atoms with Crippen LogP contribution in [0.3, 0.4) is 0 Å². The molecule has 0 saturated heterocycles. The van der Waals surface area contributed by atoms with Crippen molar-refractivity contribution in [2.24, 2.45) is 0 Å².